The van der Waals surface area contributed by atoms with Gasteiger partial charge in [0.25, 0.3) is 5.24 Å². The lowest BCUT2D eigenvalue weighted by molar-refractivity contribution is -0.0288. The van der Waals surface area contributed by atoms with Crippen molar-refractivity contribution in [1.82, 2.24) is 24.8 Å². The van der Waals surface area contributed by atoms with Crippen LogP contribution in [0, 0.1) is 0 Å². The van der Waals surface area contributed by atoms with Crippen LogP contribution in [0.1, 0.15) is 38.3 Å². The number of carbonyl (C=O) groups excluding carboxylic acids is 1. The van der Waals surface area contributed by atoms with Gasteiger partial charge in [-0.05, 0) is 19.3 Å². The zero-order valence-corrected chi connectivity index (χ0v) is 18.4. The van der Waals surface area contributed by atoms with Crippen molar-refractivity contribution in [2.24, 2.45) is 0 Å². The topological polar surface area (TPSA) is 144 Å². The first-order chi connectivity index (χ1) is 15.6. The smallest absolute Gasteiger partial charge is 0.279 e. The predicted molar refractivity (Wildman–Crippen MR) is 117 cm³/mol. The minimum atomic E-state index is -1.18. The van der Waals surface area contributed by atoms with Crippen LogP contribution in [0.2, 0.25) is 0 Å². The molecule has 5 atom stereocenters. The Morgan fingerprint density at radius 2 is 2.00 bits per heavy atom. The third-order valence-corrected chi connectivity index (χ3v) is 7.17. The van der Waals surface area contributed by atoms with E-state index in [-0.39, 0.29) is 23.1 Å². The zero-order chi connectivity index (χ0) is 22.1. The highest BCUT2D eigenvalue weighted by atomic mass is 32.2. The molecule has 3 aliphatic rings. The molecule has 1 saturated carbocycles. The Bertz CT molecular complexity index is 948. The Kier molecular flexibility index (Phi) is 6.47. The number of carbonyl (C=O) groups is 1. The van der Waals surface area contributed by atoms with Crippen LogP contribution < -0.4 is 10.6 Å². The molecule has 0 unspecified atom stereocenters. The summed E-state index contributed by atoms with van der Waals surface area (Å²) in [6.07, 6.45) is 4.28. The van der Waals surface area contributed by atoms with E-state index < -0.39 is 24.5 Å². The van der Waals surface area contributed by atoms with Gasteiger partial charge in [-0.25, -0.2) is 15.0 Å². The lowest BCUT2D eigenvalue weighted by Gasteiger charge is -2.17. The minimum absolute atomic E-state index is 0.127. The van der Waals surface area contributed by atoms with Crippen LogP contribution in [0.5, 0.6) is 0 Å². The van der Waals surface area contributed by atoms with Gasteiger partial charge in [0.2, 0.25) is 0 Å². The molecule has 5 rings (SSSR count). The second-order valence-corrected chi connectivity index (χ2v) is 9.51. The van der Waals surface area contributed by atoms with Crippen molar-refractivity contribution in [3.8, 4) is 0 Å². The van der Waals surface area contributed by atoms with Gasteiger partial charge in [-0.1, -0.05) is 24.6 Å². The van der Waals surface area contributed by atoms with E-state index in [0.717, 1.165) is 43.9 Å². The summed E-state index contributed by atoms with van der Waals surface area (Å²) in [7, 11) is 0. The number of fused-ring (bicyclic) bond motifs is 1. The molecule has 4 heterocycles. The molecule has 2 saturated heterocycles. The first kappa shape index (κ1) is 21.8. The molecule has 0 aromatic carbocycles. The Morgan fingerprint density at radius 1 is 1.16 bits per heavy atom. The number of amides is 1. The molecule has 32 heavy (non-hydrogen) atoms. The van der Waals surface area contributed by atoms with Gasteiger partial charge >= 0.3 is 0 Å². The summed E-state index contributed by atoms with van der Waals surface area (Å²) in [6, 6.07) is 0.392. The van der Waals surface area contributed by atoms with Crippen LogP contribution in [0.15, 0.2) is 12.7 Å². The summed E-state index contributed by atoms with van der Waals surface area (Å²) >= 11 is 1.07. The van der Waals surface area contributed by atoms with Gasteiger partial charge in [-0.3, -0.25) is 9.36 Å². The third-order valence-electron chi connectivity index (χ3n) is 6.30. The highest BCUT2D eigenvalue weighted by Crippen LogP contribution is 2.34. The van der Waals surface area contributed by atoms with Crippen LogP contribution in [-0.2, 0) is 9.47 Å². The van der Waals surface area contributed by atoms with Crippen molar-refractivity contribution in [1.29, 1.82) is 0 Å². The number of anilines is 1. The first-order valence-corrected chi connectivity index (χ1v) is 12.1. The van der Waals surface area contributed by atoms with E-state index >= 15 is 0 Å². The molecule has 0 bridgehead atoms. The first-order valence-electron chi connectivity index (χ1n) is 11.1. The predicted octanol–water partition coefficient (Wildman–Crippen LogP) is 1.03. The Hall–Kier alpha value is -1.99. The molecule has 4 N–H and O–H groups in total. The Balaban J connectivity index is 1.25. The number of aliphatic hydroxyl groups excluding tert-OH is 2. The fourth-order valence-corrected chi connectivity index (χ4v) is 5.36. The van der Waals surface area contributed by atoms with E-state index in [2.05, 4.69) is 25.6 Å². The van der Waals surface area contributed by atoms with Gasteiger partial charge in [0, 0.05) is 18.4 Å². The number of rotatable bonds is 6. The summed E-state index contributed by atoms with van der Waals surface area (Å²) in [6.45, 7) is 1.31. The van der Waals surface area contributed by atoms with Crippen molar-refractivity contribution >= 4 is 34.0 Å². The summed E-state index contributed by atoms with van der Waals surface area (Å²) in [5, 5.41) is 27.4. The van der Waals surface area contributed by atoms with Crippen LogP contribution in [-0.4, -0.2) is 84.3 Å². The van der Waals surface area contributed by atoms with E-state index in [9.17, 15) is 15.0 Å². The van der Waals surface area contributed by atoms with Gasteiger partial charge in [0.05, 0.1) is 25.1 Å². The number of ether oxygens (including phenoxy) is 2. The van der Waals surface area contributed by atoms with Gasteiger partial charge in [-0.2, -0.15) is 0 Å². The van der Waals surface area contributed by atoms with Crippen LogP contribution >= 0.6 is 11.8 Å². The molecule has 12 heteroatoms. The largest absolute Gasteiger partial charge is 0.387 e. The highest BCUT2D eigenvalue weighted by molar-refractivity contribution is 8.13. The number of hydrogen-bond donors (Lipinski definition) is 4. The summed E-state index contributed by atoms with van der Waals surface area (Å²) in [5.41, 5.74) is 1.04. The Labute approximate surface area is 189 Å². The monoisotopic (exact) mass is 464 g/mol. The van der Waals surface area contributed by atoms with E-state index in [1.54, 1.807) is 4.57 Å². The number of nitrogens with zero attached hydrogens (tertiary/aromatic N) is 4. The van der Waals surface area contributed by atoms with Gasteiger partial charge in [-0.15, -0.1) is 0 Å². The van der Waals surface area contributed by atoms with Crippen LogP contribution in [0.4, 0.5) is 10.6 Å². The van der Waals surface area contributed by atoms with Crippen molar-refractivity contribution in [3.63, 3.8) is 0 Å². The molecule has 174 valence electrons. The quantitative estimate of drug-likeness (QED) is 0.489. The normalized spacial score (nSPS) is 30.9. The maximum atomic E-state index is 12.2. The van der Waals surface area contributed by atoms with Gasteiger partial charge in [0.1, 0.15) is 18.5 Å². The lowest BCUT2D eigenvalue weighted by atomic mass is 10.1. The van der Waals surface area contributed by atoms with E-state index in [1.165, 1.54) is 12.7 Å². The fourth-order valence-electron chi connectivity index (χ4n) is 4.52. The van der Waals surface area contributed by atoms with Crippen molar-refractivity contribution in [2.45, 2.75) is 68.7 Å². The Morgan fingerprint density at radius 3 is 2.78 bits per heavy atom. The third kappa shape index (κ3) is 4.42. The number of hydrogen-bond acceptors (Lipinski definition) is 10. The number of aromatic nitrogens is 4. The second-order valence-electron chi connectivity index (χ2n) is 8.52. The second kappa shape index (κ2) is 9.48. The van der Waals surface area contributed by atoms with Gasteiger partial charge in [0.15, 0.2) is 23.2 Å². The average Bonchev–Trinajstić information content (AvgIpc) is 3.58. The molecule has 0 spiro atoms. The fraction of sp³-hybridized carbons (Fsp3) is 0.700. The number of nitrogens with one attached hydrogen (secondary N) is 2. The van der Waals surface area contributed by atoms with Crippen molar-refractivity contribution in [3.05, 3.63) is 12.7 Å². The zero-order valence-electron chi connectivity index (χ0n) is 17.6. The van der Waals surface area contributed by atoms with E-state index in [1.807, 2.05) is 0 Å². The molecular formula is C20H28N6O5S. The maximum Gasteiger partial charge on any atom is 0.279 e. The number of thioether (sulfide) groups is 1. The molecular weight excluding hydrogens is 436 g/mol. The van der Waals surface area contributed by atoms with Crippen molar-refractivity contribution in [2.75, 3.05) is 24.3 Å². The number of aliphatic hydroxyl groups is 2. The van der Waals surface area contributed by atoms with Crippen LogP contribution in [0.3, 0.4) is 0 Å². The molecule has 2 aliphatic heterocycles. The number of imidazole rings is 1. The summed E-state index contributed by atoms with van der Waals surface area (Å²) < 4.78 is 13.0. The van der Waals surface area contributed by atoms with E-state index in [4.69, 9.17) is 9.47 Å². The highest BCUT2D eigenvalue weighted by Gasteiger charge is 2.44. The molecule has 2 aromatic heterocycles. The summed E-state index contributed by atoms with van der Waals surface area (Å²) in [4.78, 5) is 25.2. The molecule has 1 aliphatic carbocycles. The van der Waals surface area contributed by atoms with Crippen LogP contribution in [0.25, 0.3) is 11.2 Å². The molecule has 2 aromatic rings. The molecule has 0 radical (unpaired) electrons. The van der Waals surface area contributed by atoms with Gasteiger partial charge < -0.3 is 30.3 Å². The minimum Gasteiger partial charge on any atom is -0.387 e. The maximum absolute atomic E-state index is 12.2. The van der Waals surface area contributed by atoms with Crippen molar-refractivity contribution < 1.29 is 24.5 Å². The molecule has 11 nitrogen and oxygen atoms in total. The van der Waals surface area contributed by atoms with E-state index in [0.29, 0.717) is 30.2 Å². The lowest BCUT2D eigenvalue weighted by Crippen LogP contribution is -2.34. The molecule has 3 fully saturated rings. The average molecular weight is 465 g/mol. The molecule has 1 amide bonds. The SMILES string of the molecule is O=C(NC1CCCC1)SC[C@H]1O[C@@H](n2cnc3c(N[C@@H]4CCOC4)ncnc32)[C@H](O)[C@@H]1O. The summed E-state index contributed by atoms with van der Waals surface area (Å²) in [5.74, 6) is 0.830. The standard InChI is InChI=1S/C20H28N6O5S/c27-15-13(8-32-20(29)25-11-3-1-2-4-11)31-19(16(15)28)26-10-23-14-17(21-9-22-18(14)26)24-12-5-6-30-7-12/h9-13,15-16,19,27-28H,1-8H2,(H,25,29)(H,21,22,24)/t12-,13-,15-,16-,19-/m1/s1.